The van der Waals surface area contributed by atoms with Gasteiger partial charge in [0.1, 0.15) is 17.6 Å². The van der Waals surface area contributed by atoms with Crippen LogP contribution in [0, 0.1) is 18.3 Å². The number of amides is 1. The van der Waals surface area contributed by atoms with Crippen LogP contribution in [0.15, 0.2) is 30.6 Å². The molecule has 1 aliphatic rings. The van der Waals surface area contributed by atoms with Gasteiger partial charge in [0.05, 0.1) is 0 Å². The summed E-state index contributed by atoms with van der Waals surface area (Å²) in [4.78, 5) is 29.0. The fourth-order valence-electron chi connectivity index (χ4n) is 2.81. The molecule has 2 aromatic rings. The molecule has 26 heavy (non-hydrogen) atoms. The highest BCUT2D eigenvalue weighted by Crippen LogP contribution is 2.12. The van der Waals surface area contributed by atoms with Crippen LogP contribution in [-0.4, -0.2) is 58.5 Å². The molecule has 0 aromatic carbocycles. The minimum absolute atomic E-state index is 0.110. The van der Waals surface area contributed by atoms with Crippen molar-refractivity contribution >= 4 is 17.7 Å². The Kier molecular flexibility index (Phi) is 5.59. The van der Waals surface area contributed by atoms with Crippen molar-refractivity contribution in [2.24, 2.45) is 0 Å². The number of carbonyl (C=O) groups is 1. The molecule has 1 aliphatic heterocycles. The lowest BCUT2D eigenvalue weighted by atomic mass is 10.2. The number of rotatable bonds is 5. The number of aromatic nitrogens is 3. The highest BCUT2D eigenvalue weighted by Gasteiger charge is 2.22. The van der Waals surface area contributed by atoms with E-state index in [1.807, 2.05) is 24.0 Å². The van der Waals surface area contributed by atoms with Crippen molar-refractivity contribution in [3.8, 4) is 6.07 Å². The summed E-state index contributed by atoms with van der Waals surface area (Å²) in [5.74, 6) is 1.43. The second-order valence-electron chi connectivity index (χ2n) is 6.07. The van der Waals surface area contributed by atoms with E-state index in [9.17, 15) is 4.79 Å². The van der Waals surface area contributed by atoms with Gasteiger partial charge in [-0.15, -0.1) is 0 Å². The van der Waals surface area contributed by atoms with E-state index in [1.165, 1.54) is 0 Å². The number of carbonyl (C=O) groups excluding carboxylic acids is 1. The molecule has 1 fully saturated rings. The van der Waals surface area contributed by atoms with Gasteiger partial charge >= 0.3 is 0 Å². The van der Waals surface area contributed by atoms with Crippen molar-refractivity contribution in [3.05, 3.63) is 41.9 Å². The summed E-state index contributed by atoms with van der Waals surface area (Å²) in [6, 6.07) is 7.52. The molecular weight excluding hydrogens is 330 g/mol. The molecule has 3 heterocycles. The number of anilines is 2. The second-order valence-corrected chi connectivity index (χ2v) is 6.07. The Morgan fingerprint density at radius 3 is 2.65 bits per heavy atom. The second kappa shape index (κ2) is 8.25. The summed E-state index contributed by atoms with van der Waals surface area (Å²) < 4.78 is 0. The predicted octanol–water partition coefficient (Wildman–Crippen LogP) is 1.20. The zero-order valence-electron chi connectivity index (χ0n) is 14.7. The van der Waals surface area contributed by atoms with Crippen LogP contribution in [0.2, 0.25) is 0 Å². The lowest BCUT2D eigenvalue weighted by Crippen LogP contribution is -2.49. The number of nitrogens with zero attached hydrogens (tertiary/aromatic N) is 6. The third-order valence-corrected chi connectivity index (χ3v) is 4.32. The van der Waals surface area contributed by atoms with Gasteiger partial charge in [-0.05, 0) is 24.6 Å². The SMILES string of the molecule is Cc1ccc(NCCC(=O)N2CCN(c3ncccn3)CC2)nc1C#N. The molecule has 0 saturated carbocycles. The van der Waals surface area contributed by atoms with Crippen LogP contribution < -0.4 is 10.2 Å². The first-order valence-corrected chi connectivity index (χ1v) is 8.59. The van der Waals surface area contributed by atoms with Crippen LogP contribution in [-0.2, 0) is 4.79 Å². The molecule has 0 unspecified atom stereocenters. The number of aryl methyl sites for hydroxylation is 1. The number of hydrogen-bond acceptors (Lipinski definition) is 7. The first kappa shape index (κ1) is 17.6. The maximum Gasteiger partial charge on any atom is 0.225 e. The Hall–Kier alpha value is -3.21. The largest absolute Gasteiger partial charge is 0.370 e. The minimum Gasteiger partial charge on any atom is -0.370 e. The minimum atomic E-state index is 0.110. The van der Waals surface area contributed by atoms with Crippen molar-refractivity contribution in [2.75, 3.05) is 42.9 Å². The number of pyridine rings is 1. The summed E-state index contributed by atoms with van der Waals surface area (Å²) in [7, 11) is 0. The Bertz CT molecular complexity index is 795. The van der Waals surface area contributed by atoms with Crippen LogP contribution in [0.3, 0.4) is 0 Å². The van der Waals surface area contributed by atoms with Gasteiger partial charge in [-0.3, -0.25) is 4.79 Å². The molecule has 1 saturated heterocycles. The van der Waals surface area contributed by atoms with Crippen LogP contribution in [0.5, 0.6) is 0 Å². The summed E-state index contributed by atoms with van der Waals surface area (Å²) >= 11 is 0. The Morgan fingerprint density at radius 1 is 1.23 bits per heavy atom. The third-order valence-electron chi connectivity index (χ3n) is 4.32. The summed E-state index contributed by atoms with van der Waals surface area (Å²) in [6.45, 7) is 5.13. The molecule has 0 aliphatic carbocycles. The molecule has 3 rings (SSSR count). The van der Waals surface area contributed by atoms with E-state index in [4.69, 9.17) is 5.26 Å². The predicted molar refractivity (Wildman–Crippen MR) is 97.6 cm³/mol. The van der Waals surface area contributed by atoms with E-state index in [0.29, 0.717) is 43.5 Å². The topological polar surface area (TPSA) is 98.0 Å². The van der Waals surface area contributed by atoms with Gasteiger partial charge in [-0.2, -0.15) is 5.26 Å². The van der Waals surface area contributed by atoms with Gasteiger partial charge in [0.15, 0.2) is 0 Å². The maximum atomic E-state index is 12.4. The van der Waals surface area contributed by atoms with E-state index >= 15 is 0 Å². The quantitative estimate of drug-likeness (QED) is 0.864. The fourth-order valence-corrected chi connectivity index (χ4v) is 2.81. The van der Waals surface area contributed by atoms with Gasteiger partial charge in [0.25, 0.3) is 0 Å². The average molecular weight is 351 g/mol. The normalized spacial score (nSPS) is 14.0. The Morgan fingerprint density at radius 2 is 1.96 bits per heavy atom. The highest BCUT2D eigenvalue weighted by atomic mass is 16.2. The van der Waals surface area contributed by atoms with Crippen LogP contribution in [0.4, 0.5) is 11.8 Å². The monoisotopic (exact) mass is 351 g/mol. The molecular formula is C18H21N7O. The molecule has 0 atom stereocenters. The Labute approximate surface area is 152 Å². The van der Waals surface area contributed by atoms with Crippen LogP contribution in [0.25, 0.3) is 0 Å². The summed E-state index contributed by atoms with van der Waals surface area (Å²) in [5.41, 5.74) is 1.25. The van der Waals surface area contributed by atoms with Gasteiger partial charge < -0.3 is 15.1 Å². The van der Waals surface area contributed by atoms with Crippen molar-refractivity contribution in [1.82, 2.24) is 19.9 Å². The van der Waals surface area contributed by atoms with Crippen molar-refractivity contribution in [2.45, 2.75) is 13.3 Å². The zero-order chi connectivity index (χ0) is 18.4. The van der Waals surface area contributed by atoms with Gasteiger partial charge in [-0.25, -0.2) is 15.0 Å². The average Bonchev–Trinajstić information content (AvgIpc) is 2.70. The smallest absolute Gasteiger partial charge is 0.225 e. The highest BCUT2D eigenvalue weighted by molar-refractivity contribution is 5.77. The first-order valence-electron chi connectivity index (χ1n) is 8.59. The van der Waals surface area contributed by atoms with Crippen LogP contribution >= 0.6 is 0 Å². The molecule has 8 nitrogen and oxygen atoms in total. The number of nitriles is 1. The van der Waals surface area contributed by atoms with Gasteiger partial charge in [-0.1, -0.05) is 6.07 Å². The van der Waals surface area contributed by atoms with E-state index in [2.05, 4.69) is 31.2 Å². The van der Waals surface area contributed by atoms with E-state index in [0.717, 1.165) is 18.7 Å². The van der Waals surface area contributed by atoms with Crippen molar-refractivity contribution < 1.29 is 4.79 Å². The van der Waals surface area contributed by atoms with E-state index in [1.54, 1.807) is 18.5 Å². The molecule has 1 amide bonds. The van der Waals surface area contributed by atoms with Gasteiger partial charge in [0, 0.05) is 51.5 Å². The van der Waals surface area contributed by atoms with E-state index in [-0.39, 0.29) is 5.91 Å². The summed E-state index contributed by atoms with van der Waals surface area (Å²) in [5, 5.41) is 12.1. The van der Waals surface area contributed by atoms with Gasteiger partial charge in [0.2, 0.25) is 11.9 Å². The molecule has 8 heteroatoms. The molecule has 0 radical (unpaired) electrons. The standard InChI is InChI=1S/C18H21N7O/c1-14-3-4-16(23-15(14)13-19)20-8-5-17(26)24-9-11-25(12-10-24)18-21-6-2-7-22-18/h2-4,6-7H,5,8-12H2,1H3,(H,20,23). The third kappa shape index (κ3) is 4.25. The lowest BCUT2D eigenvalue weighted by Gasteiger charge is -2.34. The number of hydrogen-bond donors (Lipinski definition) is 1. The number of piperazine rings is 1. The van der Waals surface area contributed by atoms with E-state index < -0.39 is 0 Å². The Balaban J connectivity index is 1.44. The summed E-state index contributed by atoms with van der Waals surface area (Å²) in [6.07, 6.45) is 3.84. The van der Waals surface area contributed by atoms with Crippen molar-refractivity contribution in [3.63, 3.8) is 0 Å². The molecule has 0 spiro atoms. The van der Waals surface area contributed by atoms with Crippen LogP contribution in [0.1, 0.15) is 17.7 Å². The first-order chi connectivity index (χ1) is 12.7. The molecule has 1 N–H and O–H groups in total. The number of nitrogens with one attached hydrogen (secondary N) is 1. The fraction of sp³-hybridized carbons (Fsp3) is 0.389. The molecule has 2 aromatic heterocycles. The molecule has 0 bridgehead atoms. The zero-order valence-corrected chi connectivity index (χ0v) is 14.7. The maximum absolute atomic E-state index is 12.4. The lowest BCUT2D eigenvalue weighted by molar-refractivity contribution is -0.131. The van der Waals surface area contributed by atoms with Crippen molar-refractivity contribution in [1.29, 1.82) is 5.26 Å². The molecule has 134 valence electrons.